The number of fused-ring (bicyclic) bond motifs is 2. The molecular formula is C31H36BrN3O5. The molecule has 9 heteroatoms. The minimum Gasteiger partial charge on any atom is -0.396 e. The number of likely N-dealkylation sites (tertiary alicyclic amines) is 1. The van der Waals surface area contributed by atoms with Gasteiger partial charge in [-0.05, 0) is 42.2 Å². The van der Waals surface area contributed by atoms with Gasteiger partial charge in [-0.2, -0.15) is 0 Å². The highest BCUT2D eigenvalue weighted by molar-refractivity contribution is 9.09. The monoisotopic (exact) mass is 609 g/mol. The molecule has 3 heterocycles. The molecule has 1 spiro atoms. The first-order chi connectivity index (χ1) is 19.3. The van der Waals surface area contributed by atoms with Gasteiger partial charge in [-0.25, -0.2) is 0 Å². The van der Waals surface area contributed by atoms with Crippen LogP contribution in [0.3, 0.4) is 0 Å². The van der Waals surface area contributed by atoms with Crippen LogP contribution in [0.25, 0.3) is 10.8 Å². The number of aliphatic hydroxyl groups excluding tert-OH is 1. The van der Waals surface area contributed by atoms with Gasteiger partial charge >= 0.3 is 0 Å². The lowest BCUT2D eigenvalue weighted by molar-refractivity contribution is -0.144. The molecule has 3 amide bonds. The number of alkyl halides is 1. The molecule has 2 bridgehead atoms. The van der Waals surface area contributed by atoms with E-state index in [4.69, 9.17) is 4.74 Å². The molecule has 6 atom stereocenters. The van der Waals surface area contributed by atoms with Gasteiger partial charge in [0.2, 0.25) is 11.8 Å². The summed E-state index contributed by atoms with van der Waals surface area (Å²) in [6, 6.07) is 12.9. The van der Waals surface area contributed by atoms with Gasteiger partial charge in [-0.15, -0.1) is 13.2 Å². The van der Waals surface area contributed by atoms with Crippen LogP contribution >= 0.6 is 15.9 Å². The lowest BCUT2D eigenvalue weighted by Gasteiger charge is -2.37. The van der Waals surface area contributed by atoms with Gasteiger partial charge in [0.25, 0.3) is 5.91 Å². The van der Waals surface area contributed by atoms with Gasteiger partial charge in [0.05, 0.1) is 17.9 Å². The van der Waals surface area contributed by atoms with E-state index in [9.17, 15) is 19.5 Å². The van der Waals surface area contributed by atoms with Crippen LogP contribution in [0.1, 0.15) is 19.3 Å². The van der Waals surface area contributed by atoms with Gasteiger partial charge in [0.15, 0.2) is 0 Å². The number of rotatable bonds is 11. The van der Waals surface area contributed by atoms with Crippen LogP contribution in [0.4, 0.5) is 5.69 Å². The number of amides is 3. The third-order valence-corrected chi connectivity index (χ3v) is 9.36. The average molecular weight is 611 g/mol. The fraction of sp³-hybridized carbons (Fsp3) is 0.452. The number of carbonyl (C=O) groups excluding carboxylic acids is 3. The smallest absolute Gasteiger partial charge is 0.253 e. The van der Waals surface area contributed by atoms with Crippen molar-refractivity contribution in [1.29, 1.82) is 0 Å². The van der Waals surface area contributed by atoms with Gasteiger partial charge in [-0.1, -0.05) is 58.4 Å². The van der Waals surface area contributed by atoms with Crippen molar-refractivity contribution in [3.63, 3.8) is 0 Å². The Hall–Kier alpha value is -3.01. The molecule has 3 fully saturated rings. The van der Waals surface area contributed by atoms with Crippen molar-refractivity contribution in [2.24, 2.45) is 11.8 Å². The molecule has 0 radical (unpaired) electrons. The number of likely N-dealkylation sites (N-methyl/N-ethyl adjacent to an activating group) is 1. The molecule has 0 saturated carbocycles. The van der Waals surface area contributed by atoms with Crippen LogP contribution < -0.4 is 4.90 Å². The maximum Gasteiger partial charge on any atom is 0.253 e. The molecule has 3 saturated heterocycles. The van der Waals surface area contributed by atoms with Crippen molar-refractivity contribution in [2.75, 3.05) is 38.2 Å². The van der Waals surface area contributed by atoms with E-state index in [1.54, 1.807) is 33.9 Å². The van der Waals surface area contributed by atoms with E-state index in [1.807, 2.05) is 42.5 Å². The Balaban J connectivity index is 1.57. The third-order valence-electron chi connectivity index (χ3n) is 8.52. The molecule has 212 valence electrons. The molecule has 0 aliphatic carbocycles. The van der Waals surface area contributed by atoms with Crippen molar-refractivity contribution >= 4 is 50.1 Å². The first-order valence-corrected chi connectivity index (χ1v) is 14.7. The van der Waals surface area contributed by atoms with Crippen LogP contribution in [0, 0.1) is 11.8 Å². The van der Waals surface area contributed by atoms with Gasteiger partial charge in [0, 0.05) is 43.8 Å². The predicted molar refractivity (Wildman–Crippen MR) is 158 cm³/mol. The second-order valence-electron chi connectivity index (χ2n) is 10.9. The fourth-order valence-corrected chi connectivity index (χ4v) is 7.75. The van der Waals surface area contributed by atoms with Crippen molar-refractivity contribution in [2.45, 2.75) is 41.8 Å². The fourth-order valence-electron chi connectivity index (χ4n) is 6.81. The normalized spacial score (nSPS) is 28.5. The molecule has 2 aromatic carbocycles. The number of hydrogen-bond donors (Lipinski definition) is 1. The number of carbonyl (C=O) groups is 3. The molecule has 3 aliphatic heterocycles. The molecule has 0 aromatic heterocycles. The van der Waals surface area contributed by atoms with E-state index >= 15 is 0 Å². The van der Waals surface area contributed by atoms with E-state index in [0.717, 1.165) is 10.8 Å². The first kappa shape index (κ1) is 28.5. The van der Waals surface area contributed by atoms with E-state index in [-0.39, 0.29) is 42.2 Å². The maximum atomic E-state index is 14.6. The van der Waals surface area contributed by atoms with Crippen LogP contribution in [-0.2, 0) is 19.1 Å². The van der Waals surface area contributed by atoms with Crippen LogP contribution in [0.5, 0.6) is 0 Å². The standard InChI is InChI=1S/C31H36BrN3O5/c1-4-14-33(3)28(37)24-25-29(38)35(16-8-9-17-36)27(31(25)19-23(32)26(24)40-31)30(39)34(15-5-2)22-13-12-20-10-6-7-11-21(20)18-22/h4-7,10-13,18,23-27,36H,1-2,8-9,14-17,19H2,3H3/t23?,24-,25-,26-,27?,31?/m0/s1. The van der Waals surface area contributed by atoms with E-state index in [1.165, 1.54) is 0 Å². The zero-order chi connectivity index (χ0) is 28.6. The van der Waals surface area contributed by atoms with Gasteiger partial charge in [0.1, 0.15) is 11.6 Å². The van der Waals surface area contributed by atoms with E-state index in [2.05, 4.69) is 29.1 Å². The Labute approximate surface area is 243 Å². The predicted octanol–water partition coefficient (Wildman–Crippen LogP) is 3.52. The van der Waals surface area contributed by atoms with Crippen molar-refractivity contribution in [3.05, 3.63) is 67.8 Å². The van der Waals surface area contributed by atoms with Crippen LogP contribution in [0.15, 0.2) is 67.8 Å². The lowest BCUT2D eigenvalue weighted by atomic mass is 9.70. The summed E-state index contributed by atoms with van der Waals surface area (Å²) in [6.45, 7) is 8.50. The zero-order valence-electron chi connectivity index (χ0n) is 22.7. The number of nitrogens with zero attached hydrogens (tertiary/aromatic N) is 3. The summed E-state index contributed by atoms with van der Waals surface area (Å²) in [7, 11) is 1.69. The number of benzene rings is 2. The molecule has 8 nitrogen and oxygen atoms in total. The quantitative estimate of drug-likeness (QED) is 0.239. The highest BCUT2D eigenvalue weighted by Gasteiger charge is 2.76. The maximum absolute atomic E-state index is 14.6. The van der Waals surface area contributed by atoms with Crippen molar-refractivity contribution in [3.8, 4) is 0 Å². The molecule has 5 rings (SSSR count). The second-order valence-corrected chi connectivity index (χ2v) is 12.1. The number of hydrogen-bond acceptors (Lipinski definition) is 5. The second kappa shape index (κ2) is 11.5. The molecule has 1 N–H and O–H groups in total. The van der Waals surface area contributed by atoms with Gasteiger partial charge in [-0.3, -0.25) is 14.4 Å². The molecule has 3 unspecified atom stereocenters. The summed E-state index contributed by atoms with van der Waals surface area (Å²) in [5.74, 6) is -2.16. The Morgan fingerprint density at radius 3 is 2.55 bits per heavy atom. The van der Waals surface area contributed by atoms with E-state index < -0.39 is 29.6 Å². The minimum absolute atomic E-state index is 0.00952. The topological polar surface area (TPSA) is 90.4 Å². The highest BCUT2D eigenvalue weighted by atomic mass is 79.9. The number of anilines is 1. The first-order valence-electron chi connectivity index (χ1n) is 13.8. The Morgan fingerprint density at radius 1 is 1.12 bits per heavy atom. The minimum atomic E-state index is -1.14. The number of unbranched alkanes of at least 4 members (excludes halogenated alkanes) is 1. The summed E-state index contributed by atoms with van der Waals surface area (Å²) in [6.07, 6.45) is 4.27. The molecular weight excluding hydrogens is 574 g/mol. The van der Waals surface area contributed by atoms with Crippen molar-refractivity contribution < 1.29 is 24.2 Å². The lowest BCUT2D eigenvalue weighted by Crippen LogP contribution is -2.57. The van der Waals surface area contributed by atoms with Gasteiger partial charge < -0.3 is 24.5 Å². The summed E-state index contributed by atoms with van der Waals surface area (Å²) in [5.41, 5.74) is -0.440. The number of halogens is 1. The summed E-state index contributed by atoms with van der Waals surface area (Å²) < 4.78 is 6.63. The van der Waals surface area contributed by atoms with Crippen LogP contribution in [0.2, 0.25) is 0 Å². The van der Waals surface area contributed by atoms with Crippen molar-refractivity contribution in [1.82, 2.24) is 9.80 Å². The summed E-state index contributed by atoms with van der Waals surface area (Å²) in [4.78, 5) is 47.1. The number of ether oxygens (including phenoxy) is 1. The Bertz CT molecular complexity index is 1330. The summed E-state index contributed by atoms with van der Waals surface area (Å²) >= 11 is 3.72. The summed E-state index contributed by atoms with van der Waals surface area (Å²) in [5, 5.41) is 11.5. The zero-order valence-corrected chi connectivity index (χ0v) is 24.3. The number of aliphatic hydroxyl groups is 1. The van der Waals surface area contributed by atoms with E-state index in [0.29, 0.717) is 31.5 Å². The third kappa shape index (κ3) is 4.58. The molecule has 40 heavy (non-hydrogen) atoms. The molecule has 3 aliphatic rings. The SMILES string of the molecule is C=CCN(C)C(=O)[C@H]1[C@H]2C(=O)N(CCCCO)C(C(=O)N(CC=C)c3ccc4ccccc4c3)C23CC(Br)[C@@H]1O3. The average Bonchev–Trinajstić information content (AvgIpc) is 3.54. The Kier molecular flexibility index (Phi) is 8.17. The largest absolute Gasteiger partial charge is 0.396 e. The van der Waals surface area contributed by atoms with Crippen LogP contribution in [-0.4, -0.2) is 88.5 Å². The molecule has 2 aromatic rings. The Morgan fingerprint density at radius 2 is 1.85 bits per heavy atom. The highest BCUT2D eigenvalue weighted by Crippen LogP contribution is 2.60.